The number of nitrogens with one attached hydrogen (secondary N) is 2. The molecule has 0 bridgehead atoms. The number of hydrogen-bond donors (Lipinski definition) is 2. The van der Waals surface area contributed by atoms with Crippen LogP contribution in [0.5, 0.6) is 11.5 Å². The van der Waals surface area contributed by atoms with E-state index in [-0.39, 0.29) is 29.7 Å². The van der Waals surface area contributed by atoms with Crippen LogP contribution in [0.1, 0.15) is 13.3 Å². The largest absolute Gasteiger partial charge is 0.493 e. The topological polar surface area (TPSA) is 89.0 Å². The molecule has 29 heavy (non-hydrogen) atoms. The summed E-state index contributed by atoms with van der Waals surface area (Å²) in [4.78, 5) is 4.51. The summed E-state index contributed by atoms with van der Waals surface area (Å²) in [6.45, 7) is 2.91. The standard InChI is InChI=1S/C20H27N3O4S.HI/c1-4-27-19-15-16(11-12-18(19)26-3)23-20(21-2)22-13-8-14-28(24,25)17-9-6-5-7-10-17;/h5-7,9-12,15H,4,8,13-14H2,1-3H3,(H2,21,22,23);1H. The molecule has 2 aromatic carbocycles. The maximum atomic E-state index is 12.3. The molecule has 0 amide bonds. The molecule has 0 aromatic heterocycles. The molecule has 0 aliphatic carbocycles. The number of guanidine groups is 1. The van der Waals surface area contributed by atoms with E-state index >= 15 is 0 Å². The molecular formula is C20H28IN3O4S. The van der Waals surface area contributed by atoms with Crippen LogP contribution in [0.3, 0.4) is 0 Å². The van der Waals surface area contributed by atoms with Gasteiger partial charge in [0.1, 0.15) is 0 Å². The van der Waals surface area contributed by atoms with Gasteiger partial charge in [0, 0.05) is 25.3 Å². The normalized spacial score (nSPS) is 11.3. The van der Waals surface area contributed by atoms with Crippen molar-refractivity contribution in [3.05, 3.63) is 48.5 Å². The second-order valence-corrected chi connectivity index (χ2v) is 8.02. The molecule has 0 aliphatic rings. The van der Waals surface area contributed by atoms with Crippen LogP contribution in [0.25, 0.3) is 0 Å². The van der Waals surface area contributed by atoms with E-state index in [9.17, 15) is 8.42 Å². The molecule has 0 saturated carbocycles. The van der Waals surface area contributed by atoms with Gasteiger partial charge in [0.2, 0.25) is 0 Å². The third kappa shape index (κ3) is 7.73. The highest BCUT2D eigenvalue weighted by atomic mass is 127. The molecule has 0 unspecified atom stereocenters. The van der Waals surface area contributed by atoms with Crippen LogP contribution in [0.4, 0.5) is 5.69 Å². The number of benzene rings is 2. The molecule has 0 radical (unpaired) electrons. The fourth-order valence-electron chi connectivity index (χ4n) is 2.55. The second-order valence-electron chi connectivity index (χ2n) is 5.91. The van der Waals surface area contributed by atoms with Gasteiger partial charge in [0.15, 0.2) is 27.3 Å². The minimum Gasteiger partial charge on any atom is -0.493 e. The predicted molar refractivity (Wildman–Crippen MR) is 128 cm³/mol. The van der Waals surface area contributed by atoms with Gasteiger partial charge in [-0.25, -0.2) is 8.42 Å². The van der Waals surface area contributed by atoms with Crippen LogP contribution in [0.15, 0.2) is 58.4 Å². The van der Waals surface area contributed by atoms with E-state index in [1.54, 1.807) is 44.5 Å². The third-order valence-electron chi connectivity index (χ3n) is 3.93. The molecule has 160 valence electrons. The number of anilines is 1. The van der Waals surface area contributed by atoms with E-state index in [1.807, 2.05) is 25.1 Å². The van der Waals surface area contributed by atoms with Crippen molar-refractivity contribution in [2.24, 2.45) is 4.99 Å². The van der Waals surface area contributed by atoms with Crippen molar-refractivity contribution >= 4 is 45.5 Å². The monoisotopic (exact) mass is 533 g/mol. The summed E-state index contributed by atoms with van der Waals surface area (Å²) in [5, 5.41) is 6.29. The Labute approximate surface area is 189 Å². The average molecular weight is 533 g/mol. The Bertz CT molecular complexity index is 890. The minimum absolute atomic E-state index is 0. The number of nitrogens with zero attached hydrogens (tertiary/aromatic N) is 1. The fourth-order valence-corrected chi connectivity index (χ4v) is 3.89. The number of hydrogen-bond acceptors (Lipinski definition) is 5. The third-order valence-corrected chi connectivity index (χ3v) is 5.75. The van der Waals surface area contributed by atoms with E-state index in [0.29, 0.717) is 41.9 Å². The second kappa shape index (κ2) is 12.5. The van der Waals surface area contributed by atoms with Gasteiger partial charge in [-0.15, -0.1) is 24.0 Å². The lowest BCUT2D eigenvalue weighted by Gasteiger charge is -2.14. The Morgan fingerprint density at radius 1 is 1.10 bits per heavy atom. The Morgan fingerprint density at radius 3 is 2.45 bits per heavy atom. The molecule has 0 saturated heterocycles. The summed E-state index contributed by atoms with van der Waals surface area (Å²) in [6, 6.07) is 14.0. The summed E-state index contributed by atoms with van der Waals surface area (Å²) in [5.41, 5.74) is 0.786. The first-order chi connectivity index (χ1) is 13.5. The number of aliphatic imine (C=N–C) groups is 1. The van der Waals surface area contributed by atoms with Gasteiger partial charge in [-0.1, -0.05) is 18.2 Å². The maximum Gasteiger partial charge on any atom is 0.195 e. The molecule has 0 fully saturated rings. The Balaban J connectivity index is 0.00000420. The Morgan fingerprint density at radius 2 is 1.83 bits per heavy atom. The molecule has 2 rings (SSSR count). The van der Waals surface area contributed by atoms with E-state index in [0.717, 1.165) is 5.69 Å². The van der Waals surface area contributed by atoms with E-state index in [2.05, 4.69) is 15.6 Å². The lowest BCUT2D eigenvalue weighted by atomic mass is 10.2. The molecule has 2 N–H and O–H groups in total. The van der Waals surface area contributed by atoms with Crippen LogP contribution in [-0.2, 0) is 9.84 Å². The molecule has 0 aliphatic heterocycles. The highest BCUT2D eigenvalue weighted by molar-refractivity contribution is 14.0. The summed E-state index contributed by atoms with van der Waals surface area (Å²) in [7, 11) is -0.0262. The van der Waals surface area contributed by atoms with Gasteiger partial charge in [0.25, 0.3) is 0 Å². The van der Waals surface area contributed by atoms with Crippen LogP contribution < -0.4 is 20.1 Å². The number of sulfone groups is 1. The van der Waals surface area contributed by atoms with Gasteiger partial charge >= 0.3 is 0 Å². The van der Waals surface area contributed by atoms with Crippen molar-refractivity contribution < 1.29 is 17.9 Å². The van der Waals surface area contributed by atoms with E-state index in [4.69, 9.17) is 9.47 Å². The zero-order valence-electron chi connectivity index (χ0n) is 16.8. The molecule has 9 heteroatoms. The molecule has 7 nitrogen and oxygen atoms in total. The van der Waals surface area contributed by atoms with Crippen molar-refractivity contribution in [2.75, 3.05) is 38.4 Å². The lowest BCUT2D eigenvalue weighted by molar-refractivity contribution is 0.311. The summed E-state index contributed by atoms with van der Waals surface area (Å²) >= 11 is 0. The van der Waals surface area contributed by atoms with Crippen molar-refractivity contribution in [1.82, 2.24) is 5.32 Å². The number of methoxy groups -OCH3 is 1. The highest BCUT2D eigenvalue weighted by Crippen LogP contribution is 2.30. The molecule has 0 spiro atoms. The van der Waals surface area contributed by atoms with Crippen molar-refractivity contribution in [1.29, 1.82) is 0 Å². The predicted octanol–water partition coefficient (Wildman–Crippen LogP) is 3.56. The summed E-state index contributed by atoms with van der Waals surface area (Å²) in [5.74, 6) is 1.91. The van der Waals surface area contributed by atoms with Crippen LogP contribution >= 0.6 is 24.0 Å². The Hall–Kier alpha value is -2.01. The van der Waals surface area contributed by atoms with Gasteiger partial charge in [-0.3, -0.25) is 4.99 Å². The maximum absolute atomic E-state index is 12.3. The quantitative estimate of drug-likeness (QED) is 0.222. The van der Waals surface area contributed by atoms with Gasteiger partial charge in [0.05, 0.1) is 24.4 Å². The first kappa shape index (κ1) is 25.0. The van der Waals surface area contributed by atoms with Crippen molar-refractivity contribution in [3.63, 3.8) is 0 Å². The minimum atomic E-state index is -3.27. The van der Waals surface area contributed by atoms with Crippen LogP contribution in [0.2, 0.25) is 0 Å². The SMILES string of the molecule is CCOc1cc(NC(=NC)NCCCS(=O)(=O)c2ccccc2)ccc1OC.I. The first-order valence-corrected chi connectivity index (χ1v) is 10.7. The first-order valence-electron chi connectivity index (χ1n) is 9.06. The lowest BCUT2D eigenvalue weighted by Crippen LogP contribution is -2.32. The van der Waals surface area contributed by atoms with Gasteiger partial charge < -0.3 is 20.1 Å². The van der Waals surface area contributed by atoms with Crippen molar-refractivity contribution in [3.8, 4) is 11.5 Å². The number of halogens is 1. The zero-order valence-corrected chi connectivity index (χ0v) is 20.0. The van der Waals surface area contributed by atoms with E-state index < -0.39 is 9.84 Å². The highest BCUT2D eigenvalue weighted by Gasteiger charge is 2.13. The van der Waals surface area contributed by atoms with E-state index in [1.165, 1.54) is 0 Å². The summed E-state index contributed by atoms with van der Waals surface area (Å²) in [6.07, 6.45) is 0.463. The van der Waals surface area contributed by atoms with Crippen LogP contribution in [0, 0.1) is 0 Å². The van der Waals surface area contributed by atoms with Gasteiger partial charge in [-0.05, 0) is 37.6 Å². The van der Waals surface area contributed by atoms with Crippen molar-refractivity contribution in [2.45, 2.75) is 18.2 Å². The number of rotatable bonds is 9. The zero-order chi connectivity index (χ0) is 20.4. The number of ether oxygens (including phenoxy) is 2. The smallest absolute Gasteiger partial charge is 0.195 e. The molecule has 2 aromatic rings. The fraction of sp³-hybridized carbons (Fsp3) is 0.350. The Kier molecular flexibility index (Phi) is 10.8. The molecule has 0 atom stereocenters. The molecular weight excluding hydrogens is 505 g/mol. The molecule has 0 heterocycles. The van der Waals surface area contributed by atoms with Crippen LogP contribution in [-0.4, -0.2) is 47.4 Å². The average Bonchev–Trinajstić information content (AvgIpc) is 2.71. The van der Waals surface area contributed by atoms with Gasteiger partial charge in [-0.2, -0.15) is 0 Å². The summed E-state index contributed by atoms with van der Waals surface area (Å²) < 4.78 is 35.4.